The van der Waals surface area contributed by atoms with Gasteiger partial charge in [-0.2, -0.15) is 0 Å². The van der Waals surface area contributed by atoms with Crippen molar-refractivity contribution in [1.82, 2.24) is 5.32 Å². The molecule has 1 aliphatic rings. The molecule has 1 nitrogen and oxygen atoms in total. The smallest absolute Gasteiger partial charge is 0.0328 e. The maximum absolute atomic E-state index is 3.36. The molecule has 1 heteroatoms. The highest BCUT2D eigenvalue weighted by Crippen LogP contribution is 2.46. The lowest BCUT2D eigenvalue weighted by molar-refractivity contribution is 0.976. The molecule has 0 atom stereocenters. The molecule has 0 fully saturated rings. The minimum absolute atomic E-state index is 0.890. The van der Waals surface area contributed by atoms with Crippen LogP contribution in [0.2, 0.25) is 0 Å². The van der Waals surface area contributed by atoms with E-state index in [2.05, 4.69) is 141 Å². The average Bonchev–Trinajstić information content (AvgIpc) is 2.97. The molecule has 0 bridgehead atoms. The lowest BCUT2D eigenvalue weighted by Crippen LogP contribution is -2.09. The van der Waals surface area contributed by atoms with Gasteiger partial charge in [0.2, 0.25) is 0 Å². The lowest BCUT2D eigenvalue weighted by atomic mass is 9.83. The first-order valence-electron chi connectivity index (χ1n) is 13.3. The molecule has 0 saturated heterocycles. The Labute approximate surface area is 223 Å². The normalized spacial score (nSPS) is 13.2. The van der Waals surface area contributed by atoms with Gasteiger partial charge in [0.05, 0.1) is 0 Å². The van der Waals surface area contributed by atoms with Gasteiger partial charge in [-0.3, -0.25) is 0 Å². The zero-order valence-corrected chi connectivity index (χ0v) is 21.8. The standard InChI is InChI=1S/C37H29N/c1-24-22-35(25(2)21-34(24)27-13-10-20-38-23-27)37-32-17-7-5-15-30(32)36(31-16-6-8-18-33(31)37)29-19-9-12-26-11-3-4-14-28(26)29/h3-19,21-23,38H,20H2,1-2H3. The van der Waals surface area contributed by atoms with Gasteiger partial charge < -0.3 is 5.32 Å². The fraction of sp³-hybridized carbons (Fsp3) is 0.0811. The molecule has 6 aromatic rings. The molecule has 1 aliphatic heterocycles. The number of hydrogen-bond acceptors (Lipinski definition) is 1. The molecule has 6 aromatic carbocycles. The zero-order chi connectivity index (χ0) is 25.6. The number of aryl methyl sites for hydroxylation is 2. The Kier molecular flexibility index (Phi) is 5.37. The molecule has 38 heavy (non-hydrogen) atoms. The molecule has 0 amide bonds. The van der Waals surface area contributed by atoms with Gasteiger partial charge in [-0.05, 0) is 90.7 Å². The molecule has 0 radical (unpaired) electrons. The van der Waals surface area contributed by atoms with Crippen molar-refractivity contribution in [2.75, 3.05) is 6.54 Å². The quantitative estimate of drug-likeness (QED) is 0.245. The van der Waals surface area contributed by atoms with E-state index in [1.54, 1.807) is 0 Å². The summed E-state index contributed by atoms with van der Waals surface area (Å²) in [6.45, 7) is 5.37. The lowest BCUT2D eigenvalue weighted by Gasteiger charge is -2.21. The van der Waals surface area contributed by atoms with E-state index in [0.717, 1.165) is 6.54 Å². The van der Waals surface area contributed by atoms with E-state index in [0.29, 0.717) is 0 Å². The van der Waals surface area contributed by atoms with Crippen molar-refractivity contribution in [2.24, 2.45) is 0 Å². The van der Waals surface area contributed by atoms with Crippen molar-refractivity contribution < 1.29 is 0 Å². The number of nitrogens with one attached hydrogen (secondary N) is 1. The summed E-state index contributed by atoms with van der Waals surface area (Å²) in [5.41, 5.74) is 10.3. The minimum atomic E-state index is 0.890. The van der Waals surface area contributed by atoms with Crippen LogP contribution in [-0.4, -0.2) is 6.54 Å². The second kappa shape index (κ2) is 9.04. The van der Waals surface area contributed by atoms with Crippen LogP contribution in [-0.2, 0) is 0 Å². The van der Waals surface area contributed by atoms with Gasteiger partial charge in [0.25, 0.3) is 0 Å². The Hall–Kier alpha value is -4.62. The van der Waals surface area contributed by atoms with E-state index < -0.39 is 0 Å². The summed E-state index contributed by atoms with van der Waals surface area (Å²) in [7, 11) is 0. The van der Waals surface area contributed by atoms with Gasteiger partial charge in [0.15, 0.2) is 0 Å². The third-order valence-corrected chi connectivity index (χ3v) is 7.93. The maximum Gasteiger partial charge on any atom is 0.0328 e. The Morgan fingerprint density at radius 2 is 1.05 bits per heavy atom. The number of fused-ring (bicyclic) bond motifs is 3. The number of rotatable bonds is 3. The van der Waals surface area contributed by atoms with Gasteiger partial charge >= 0.3 is 0 Å². The maximum atomic E-state index is 3.36. The van der Waals surface area contributed by atoms with Crippen LogP contribution in [0.5, 0.6) is 0 Å². The molecular weight excluding hydrogens is 458 g/mol. The number of dihydropyridines is 1. The van der Waals surface area contributed by atoms with E-state index in [9.17, 15) is 0 Å². The van der Waals surface area contributed by atoms with E-state index in [-0.39, 0.29) is 0 Å². The van der Waals surface area contributed by atoms with Gasteiger partial charge in [-0.25, -0.2) is 0 Å². The first kappa shape index (κ1) is 22.6. The van der Waals surface area contributed by atoms with Gasteiger partial charge in [0, 0.05) is 12.7 Å². The summed E-state index contributed by atoms with van der Waals surface area (Å²) < 4.78 is 0. The van der Waals surface area contributed by atoms with E-state index in [4.69, 9.17) is 0 Å². The second-order valence-electron chi connectivity index (χ2n) is 10.3. The Morgan fingerprint density at radius 3 is 1.68 bits per heavy atom. The number of hydrogen-bond donors (Lipinski definition) is 1. The Bertz CT molecular complexity index is 1870. The highest BCUT2D eigenvalue weighted by atomic mass is 14.8. The van der Waals surface area contributed by atoms with Crippen molar-refractivity contribution in [1.29, 1.82) is 0 Å². The molecule has 0 aliphatic carbocycles. The van der Waals surface area contributed by atoms with Crippen molar-refractivity contribution in [3.05, 3.63) is 138 Å². The summed E-state index contributed by atoms with van der Waals surface area (Å²) in [4.78, 5) is 0. The van der Waals surface area contributed by atoms with E-state index in [1.165, 1.54) is 76.8 Å². The molecule has 0 spiro atoms. The summed E-state index contributed by atoms with van der Waals surface area (Å²) in [6, 6.07) is 38.0. The van der Waals surface area contributed by atoms with Crippen molar-refractivity contribution >= 4 is 37.9 Å². The third kappa shape index (κ3) is 3.55. The molecule has 182 valence electrons. The van der Waals surface area contributed by atoms with Crippen LogP contribution in [0.15, 0.2) is 121 Å². The minimum Gasteiger partial charge on any atom is -0.387 e. The molecule has 7 rings (SSSR count). The molecule has 0 saturated carbocycles. The predicted octanol–water partition coefficient (Wildman–Crippen LogP) is 9.60. The monoisotopic (exact) mass is 487 g/mol. The first-order valence-corrected chi connectivity index (χ1v) is 13.3. The Balaban J connectivity index is 1.57. The molecular formula is C37H29N. The van der Waals surface area contributed by atoms with Crippen molar-refractivity contribution in [3.63, 3.8) is 0 Å². The van der Waals surface area contributed by atoms with Crippen molar-refractivity contribution in [2.45, 2.75) is 13.8 Å². The summed E-state index contributed by atoms with van der Waals surface area (Å²) in [5.74, 6) is 0. The summed E-state index contributed by atoms with van der Waals surface area (Å²) >= 11 is 0. The van der Waals surface area contributed by atoms with Gasteiger partial charge in [-0.15, -0.1) is 0 Å². The van der Waals surface area contributed by atoms with Crippen LogP contribution in [0.3, 0.4) is 0 Å². The highest BCUT2D eigenvalue weighted by Gasteiger charge is 2.19. The Morgan fingerprint density at radius 1 is 0.526 bits per heavy atom. The first-order chi connectivity index (χ1) is 18.7. The van der Waals surface area contributed by atoms with Crippen LogP contribution in [0.4, 0.5) is 0 Å². The van der Waals surface area contributed by atoms with Crippen molar-refractivity contribution in [3.8, 4) is 22.3 Å². The average molecular weight is 488 g/mol. The largest absolute Gasteiger partial charge is 0.387 e. The summed E-state index contributed by atoms with van der Waals surface area (Å²) in [5, 5.41) is 11.1. The fourth-order valence-electron chi connectivity index (χ4n) is 6.19. The second-order valence-corrected chi connectivity index (χ2v) is 10.3. The predicted molar refractivity (Wildman–Crippen MR) is 164 cm³/mol. The molecule has 0 unspecified atom stereocenters. The number of benzene rings is 6. The van der Waals surface area contributed by atoms with Crippen LogP contribution in [0.25, 0.3) is 60.1 Å². The third-order valence-electron chi connectivity index (χ3n) is 7.93. The van der Waals surface area contributed by atoms with Gasteiger partial charge in [0.1, 0.15) is 0 Å². The van der Waals surface area contributed by atoms with Crippen LogP contribution >= 0.6 is 0 Å². The molecule has 1 heterocycles. The SMILES string of the molecule is Cc1cc(-c2c3ccccc3c(-c3cccc4ccccc34)c3ccccc23)c(C)cc1C1=CNCC=C1. The molecule has 0 aromatic heterocycles. The van der Waals surface area contributed by atoms with Gasteiger partial charge in [-0.1, -0.05) is 115 Å². The van der Waals surface area contributed by atoms with Crippen LogP contribution in [0.1, 0.15) is 16.7 Å². The zero-order valence-electron chi connectivity index (χ0n) is 21.8. The summed E-state index contributed by atoms with van der Waals surface area (Å²) in [6.07, 6.45) is 6.54. The highest BCUT2D eigenvalue weighted by molar-refractivity contribution is 6.23. The molecule has 1 N–H and O–H groups in total. The topological polar surface area (TPSA) is 12.0 Å². The van der Waals surface area contributed by atoms with E-state index in [1.807, 2.05) is 0 Å². The number of allylic oxidation sites excluding steroid dienone is 2. The van der Waals surface area contributed by atoms with Crippen LogP contribution < -0.4 is 5.32 Å². The van der Waals surface area contributed by atoms with E-state index >= 15 is 0 Å². The fourth-order valence-corrected chi connectivity index (χ4v) is 6.19. The van der Waals surface area contributed by atoms with Crippen LogP contribution in [0, 0.1) is 13.8 Å².